The van der Waals surface area contributed by atoms with E-state index in [1.165, 1.54) is 72.0 Å². The van der Waals surface area contributed by atoms with Gasteiger partial charge in [0.15, 0.2) is 0 Å². The topological polar surface area (TPSA) is 16.4 Å². The Balaban J connectivity index is 1.11. The third-order valence-electron chi connectivity index (χ3n) is 14.0. The van der Waals surface area contributed by atoms with Crippen LogP contribution in [0.3, 0.4) is 0 Å². The largest absolute Gasteiger partial charge is 0.456 e. The number of hydrogen-bond donors (Lipinski definition) is 0. The number of hydrogen-bond acceptors (Lipinski definition) is 2. The fraction of sp³-hybridized carbons (Fsp3) is 0.175. The summed E-state index contributed by atoms with van der Waals surface area (Å²) >= 11 is 0. The first kappa shape index (κ1) is 40.6. The molecule has 318 valence electrons. The summed E-state index contributed by atoms with van der Waals surface area (Å²) in [5.74, 6) is 0. The Kier molecular flexibility index (Phi) is 9.35. The first-order chi connectivity index (χ1) is 31.3. The predicted octanol–water partition coefficient (Wildman–Crippen LogP) is 18.1. The number of nitrogens with zero attached hydrogens (tertiary/aromatic N) is 1. The third kappa shape index (κ3) is 6.78. The van der Waals surface area contributed by atoms with Gasteiger partial charge < -0.3 is 9.32 Å². The zero-order valence-electron chi connectivity index (χ0n) is 38.8. The van der Waals surface area contributed by atoms with Gasteiger partial charge in [0.2, 0.25) is 0 Å². The van der Waals surface area contributed by atoms with Gasteiger partial charge in [-0.15, -0.1) is 0 Å². The highest BCUT2D eigenvalue weighted by Crippen LogP contribution is 2.51. The lowest BCUT2D eigenvalue weighted by Crippen LogP contribution is -2.16. The number of fused-ring (bicyclic) bond motifs is 7. The molecule has 0 amide bonds. The molecule has 0 spiro atoms. The fourth-order valence-corrected chi connectivity index (χ4v) is 10.4. The molecule has 0 saturated carbocycles. The Morgan fingerprint density at radius 2 is 0.969 bits per heavy atom. The summed E-state index contributed by atoms with van der Waals surface area (Å²) in [7, 11) is 0. The van der Waals surface area contributed by atoms with Crippen molar-refractivity contribution in [3.8, 4) is 44.5 Å². The molecule has 2 nitrogen and oxygen atoms in total. The van der Waals surface area contributed by atoms with E-state index in [2.05, 4.69) is 248 Å². The van der Waals surface area contributed by atoms with E-state index in [4.69, 9.17) is 4.42 Å². The fourth-order valence-electron chi connectivity index (χ4n) is 10.4. The van der Waals surface area contributed by atoms with Crippen LogP contribution in [-0.2, 0) is 16.2 Å². The molecule has 0 fully saturated rings. The zero-order chi connectivity index (χ0) is 44.8. The van der Waals surface area contributed by atoms with Crippen LogP contribution >= 0.6 is 0 Å². The van der Waals surface area contributed by atoms with Crippen molar-refractivity contribution in [2.75, 3.05) is 4.90 Å². The van der Waals surface area contributed by atoms with Gasteiger partial charge in [-0.2, -0.15) is 0 Å². The molecule has 10 aromatic rings. The second-order valence-electron chi connectivity index (χ2n) is 20.6. The molecule has 0 bridgehead atoms. The third-order valence-corrected chi connectivity index (χ3v) is 14.0. The van der Waals surface area contributed by atoms with Crippen LogP contribution in [-0.4, -0.2) is 0 Å². The highest BCUT2D eigenvalue weighted by Gasteiger charge is 2.35. The van der Waals surface area contributed by atoms with E-state index < -0.39 is 0 Å². The highest BCUT2D eigenvalue weighted by atomic mass is 16.3. The Labute approximate surface area is 383 Å². The summed E-state index contributed by atoms with van der Waals surface area (Å²) < 4.78 is 6.55. The standard InChI is InChI=1S/C63H55NO/c1-61(2,3)44-36-43(37-45(39-44)62(4,5)6)47-23-15-18-41-19-16-24-51(59(41)47)50-21-10-13-26-55(50)64(56-27-17-29-58-60(56)52-22-11-14-28-57(52)65-58)46-33-30-40(31-34-46)42-32-35-49-48-20-9-12-25-53(48)63(7,8)54(49)38-42/h9-39H,1-8H3. The van der Waals surface area contributed by atoms with Crippen LogP contribution in [0.15, 0.2) is 192 Å². The lowest BCUT2D eigenvalue weighted by molar-refractivity contribution is 0.569. The quantitative estimate of drug-likeness (QED) is 0.166. The summed E-state index contributed by atoms with van der Waals surface area (Å²) in [6.45, 7) is 18.6. The average Bonchev–Trinajstić information content (AvgIpc) is 3.80. The maximum absolute atomic E-state index is 6.55. The number of furan rings is 1. The van der Waals surface area contributed by atoms with Crippen LogP contribution in [0.25, 0.3) is 77.2 Å². The molecule has 1 aliphatic rings. The minimum Gasteiger partial charge on any atom is -0.456 e. The van der Waals surface area contributed by atoms with Crippen LogP contribution in [0.2, 0.25) is 0 Å². The monoisotopic (exact) mass is 841 g/mol. The second kappa shape index (κ2) is 15.0. The lowest BCUT2D eigenvalue weighted by Gasteiger charge is -2.29. The SMILES string of the molecule is CC(C)(C)c1cc(-c2cccc3cccc(-c4ccccc4N(c4ccc(-c5ccc6c(c5)C(C)(C)c5ccccc5-6)cc4)c4cccc5oc6ccccc6c45)c23)cc(C(C)(C)C)c1. The smallest absolute Gasteiger partial charge is 0.137 e. The van der Waals surface area contributed by atoms with E-state index in [-0.39, 0.29) is 16.2 Å². The van der Waals surface area contributed by atoms with E-state index in [1.54, 1.807) is 0 Å². The van der Waals surface area contributed by atoms with Crippen LogP contribution in [0.1, 0.15) is 77.6 Å². The van der Waals surface area contributed by atoms with Crippen molar-refractivity contribution >= 4 is 49.8 Å². The molecule has 0 radical (unpaired) electrons. The molecule has 0 N–H and O–H groups in total. The normalized spacial score (nSPS) is 13.4. The molecular weight excluding hydrogens is 787 g/mol. The summed E-state index contributed by atoms with van der Waals surface area (Å²) in [5.41, 5.74) is 20.3. The maximum Gasteiger partial charge on any atom is 0.137 e. The minimum absolute atomic E-state index is 0.00661. The van der Waals surface area contributed by atoms with Crippen LogP contribution in [0.5, 0.6) is 0 Å². The van der Waals surface area contributed by atoms with Crippen molar-refractivity contribution in [3.63, 3.8) is 0 Å². The van der Waals surface area contributed by atoms with E-state index in [0.717, 1.165) is 44.6 Å². The van der Waals surface area contributed by atoms with Gasteiger partial charge in [-0.3, -0.25) is 0 Å². The Bertz CT molecular complexity index is 3440. The predicted molar refractivity (Wildman–Crippen MR) is 277 cm³/mol. The zero-order valence-corrected chi connectivity index (χ0v) is 38.8. The minimum atomic E-state index is -0.0693. The maximum atomic E-state index is 6.55. The van der Waals surface area contributed by atoms with Gasteiger partial charge in [0.1, 0.15) is 11.2 Å². The van der Waals surface area contributed by atoms with E-state index in [1.807, 2.05) is 0 Å². The van der Waals surface area contributed by atoms with Crippen molar-refractivity contribution in [2.24, 2.45) is 0 Å². The molecule has 1 aromatic heterocycles. The molecule has 65 heavy (non-hydrogen) atoms. The first-order valence-electron chi connectivity index (χ1n) is 23.1. The number of rotatable bonds is 6. The van der Waals surface area contributed by atoms with Crippen molar-refractivity contribution in [3.05, 3.63) is 210 Å². The van der Waals surface area contributed by atoms with Gasteiger partial charge in [-0.25, -0.2) is 0 Å². The van der Waals surface area contributed by atoms with E-state index >= 15 is 0 Å². The highest BCUT2D eigenvalue weighted by molar-refractivity contribution is 6.15. The molecule has 11 rings (SSSR count). The molecule has 0 aliphatic heterocycles. The molecule has 2 heteroatoms. The van der Waals surface area contributed by atoms with Gasteiger partial charge in [0.05, 0.1) is 16.8 Å². The van der Waals surface area contributed by atoms with Crippen LogP contribution < -0.4 is 4.90 Å². The number of para-hydroxylation sites is 2. The van der Waals surface area contributed by atoms with Crippen molar-refractivity contribution in [1.82, 2.24) is 0 Å². The molecule has 0 unspecified atom stereocenters. The second-order valence-corrected chi connectivity index (χ2v) is 20.6. The van der Waals surface area contributed by atoms with Crippen molar-refractivity contribution in [1.29, 1.82) is 0 Å². The Morgan fingerprint density at radius 1 is 0.400 bits per heavy atom. The molecule has 0 atom stereocenters. The average molecular weight is 842 g/mol. The number of anilines is 3. The summed E-state index contributed by atoms with van der Waals surface area (Å²) in [6, 6.07) is 69.7. The molecule has 1 heterocycles. The molecular formula is C63H55NO. The van der Waals surface area contributed by atoms with Crippen LogP contribution in [0.4, 0.5) is 17.1 Å². The summed E-state index contributed by atoms with van der Waals surface area (Å²) in [6.07, 6.45) is 0. The van der Waals surface area contributed by atoms with E-state index in [0.29, 0.717) is 0 Å². The first-order valence-corrected chi connectivity index (χ1v) is 23.1. The molecule has 0 saturated heterocycles. The van der Waals surface area contributed by atoms with E-state index in [9.17, 15) is 0 Å². The van der Waals surface area contributed by atoms with Gasteiger partial charge in [-0.1, -0.05) is 201 Å². The van der Waals surface area contributed by atoms with Gasteiger partial charge in [-0.05, 0) is 125 Å². The van der Waals surface area contributed by atoms with Gasteiger partial charge in [0, 0.05) is 22.1 Å². The lowest BCUT2D eigenvalue weighted by atomic mass is 9.78. The number of benzene rings is 9. The Hall–Kier alpha value is -7.16. The summed E-state index contributed by atoms with van der Waals surface area (Å²) in [5, 5.41) is 4.65. The van der Waals surface area contributed by atoms with Crippen LogP contribution in [0, 0.1) is 0 Å². The molecule has 1 aliphatic carbocycles. The van der Waals surface area contributed by atoms with Gasteiger partial charge in [0.25, 0.3) is 0 Å². The Morgan fingerprint density at radius 3 is 1.71 bits per heavy atom. The van der Waals surface area contributed by atoms with Crippen molar-refractivity contribution in [2.45, 2.75) is 71.6 Å². The van der Waals surface area contributed by atoms with Gasteiger partial charge >= 0.3 is 0 Å². The molecule has 9 aromatic carbocycles. The van der Waals surface area contributed by atoms with Crippen molar-refractivity contribution < 1.29 is 4.42 Å². The summed E-state index contributed by atoms with van der Waals surface area (Å²) in [4.78, 5) is 2.45.